The number of aromatic nitrogens is 4. The van der Waals surface area contributed by atoms with Crippen molar-refractivity contribution in [3.8, 4) is 11.6 Å². The Kier molecular flexibility index (Phi) is 2.03. The molecule has 0 spiro atoms. The summed E-state index contributed by atoms with van der Waals surface area (Å²) in [5.74, 6) is 1.33. The van der Waals surface area contributed by atoms with Gasteiger partial charge in [0, 0.05) is 28.4 Å². The van der Waals surface area contributed by atoms with Crippen molar-refractivity contribution in [1.29, 1.82) is 0 Å². The number of hydrogen-bond donors (Lipinski definition) is 1. The lowest BCUT2D eigenvalue weighted by molar-refractivity contribution is 1.11. The number of aromatic amines is 1. The van der Waals surface area contributed by atoms with Gasteiger partial charge in [0.05, 0.1) is 0 Å². The lowest BCUT2D eigenvalue weighted by atomic mass is 10.5. The highest BCUT2D eigenvalue weighted by Gasteiger charge is 2.00. The van der Waals surface area contributed by atoms with Crippen LogP contribution in [0.15, 0.2) is 24.8 Å². The van der Waals surface area contributed by atoms with E-state index in [-0.39, 0.29) is 0 Å². The van der Waals surface area contributed by atoms with Gasteiger partial charge < -0.3 is 4.98 Å². The maximum absolute atomic E-state index is 4.11. The molecule has 0 aromatic carbocycles. The Balaban J connectivity index is 2.43. The normalized spacial score (nSPS) is 10.1. The van der Waals surface area contributed by atoms with Gasteiger partial charge in [0.15, 0.2) is 11.6 Å². The minimum Gasteiger partial charge on any atom is -0.342 e. The molecular weight excluding hydrogens is 267 g/mol. The van der Waals surface area contributed by atoms with Crippen molar-refractivity contribution in [3.63, 3.8) is 0 Å². The molecular formula is C7H5IN4. The standard InChI is InChI=1S/C7H5IN4/c8-5-3-11-7(12-4-5)6-9-1-2-10-6/h1-4H,(H,9,10). The molecule has 0 amide bonds. The van der Waals surface area contributed by atoms with E-state index in [2.05, 4.69) is 42.5 Å². The SMILES string of the molecule is Ic1cnc(-c2ncc[nH]2)nc1. The lowest BCUT2D eigenvalue weighted by Gasteiger charge is -1.93. The molecule has 2 heterocycles. The third kappa shape index (κ3) is 1.45. The van der Waals surface area contributed by atoms with Crippen molar-refractivity contribution in [2.24, 2.45) is 0 Å². The van der Waals surface area contributed by atoms with E-state index in [9.17, 15) is 0 Å². The summed E-state index contributed by atoms with van der Waals surface area (Å²) < 4.78 is 1.02. The van der Waals surface area contributed by atoms with Gasteiger partial charge >= 0.3 is 0 Å². The number of nitrogens with one attached hydrogen (secondary N) is 1. The molecule has 0 radical (unpaired) electrons. The van der Waals surface area contributed by atoms with Crippen LogP contribution in [-0.4, -0.2) is 19.9 Å². The second kappa shape index (κ2) is 3.18. The van der Waals surface area contributed by atoms with E-state index in [0.29, 0.717) is 11.6 Å². The molecule has 0 bridgehead atoms. The van der Waals surface area contributed by atoms with Gasteiger partial charge in [-0.15, -0.1) is 0 Å². The van der Waals surface area contributed by atoms with Gasteiger partial charge in [0.1, 0.15) is 0 Å². The molecule has 2 aromatic rings. The summed E-state index contributed by atoms with van der Waals surface area (Å²) in [7, 11) is 0. The van der Waals surface area contributed by atoms with Gasteiger partial charge in [-0.1, -0.05) is 0 Å². The Morgan fingerprint density at radius 1 is 1.17 bits per heavy atom. The molecule has 0 aliphatic rings. The monoisotopic (exact) mass is 272 g/mol. The summed E-state index contributed by atoms with van der Waals surface area (Å²) >= 11 is 2.16. The molecule has 4 nitrogen and oxygen atoms in total. The van der Waals surface area contributed by atoms with E-state index >= 15 is 0 Å². The van der Waals surface area contributed by atoms with Crippen LogP contribution in [0.5, 0.6) is 0 Å². The van der Waals surface area contributed by atoms with Crippen molar-refractivity contribution in [1.82, 2.24) is 19.9 Å². The maximum Gasteiger partial charge on any atom is 0.195 e. The molecule has 5 heteroatoms. The highest BCUT2D eigenvalue weighted by molar-refractivity contribution is 14.1. The number of nitrogens with zero attached hydrogens (tertiary/aromatic N) is 3. The average Bonchev–Trinajstić information content (AvgIpc) is 2.58. The van der Waals surface area contributed by atoms with Crippen LogP contribution in [0.2, 0.25) is 0 Å². The summed E-state index contributed by atoms with van der Waals surface area (Å²) in [5, 5.41) is 0. The Labute approximate surface area is 82.6 Å². The molecule has 1 N–H and O–H groups in total. The first-order valence-corrected chi connectivity index (χ1v) is 4.41. The first kappa shape index (κ1) is 7.66. The first-order valence-electron chi connectivity index (χ1n) is 3.33. The molecule has 0 aliphatic heterocycles. The van der Waals surface area contributed by atoms with Gasteiger partial charge in [-0.3, -0.25) is 0 Å². The van der Waals surface area contributed by atoms with Crippen molar-refractivity contribution < 1.29 is 0 Å². The number of rotatable bonds is 1. The van der Waals surface area contributed by atoms with E-state index < -0.39 is 0 Å². The summed E-state index contributed by atoms with van der Waals surface area (Å²) in [6.45, 7) is 0. The van der Waals surface area contributed by atoms with Crippen molar-refractivity contribution >= 4 is 22.6 Å². The summed E-state index contributed by atoms with van der Waals surface area (Å²) in [6.07, 6.45) is 6.93. The fraction of sp³-hybridized carbons (Fsp3) is 0. The molecule has 0 atom stereocenters. The van der Waals surface area contributed by atoms with Crippen LogP contribution >= 0.6 is 22.6 Å². The smallest absolute Gasteiger partial charge is 0.195 e. The van der Waals surface area contributed by atoms with Gasteiger partial charge in [-0.25, -0.2) is 15.0 Å². The zero-order valence-corrected chi connectivity index (χ0v) is 8.19. The zero-order valence-electron chi connectivity index (χ0n) is 6.03. The van der Waals surface area contributed by atoms with Crippen LogP contribution in [0.3, 0.4) is 0 Å². The van der Waals surface area contributed by atoms with E-state index in [1.54, 1.807) is 24.8 Å². The molecule has 12 heavy (non-hydrogen) atoms. The van der Waals surface area contributed by atoms with Gasteiger partial charge in [-0.2, -0.15) is 0 Å². The highest BCUT2D eigenvalue weighted by atomic mass is 127. The summed E-state index contributed by atoms with van der Waals surface area (Å²) in [5.41, 5.74) is 0. The average molecular weight is 272 g/mol. The molecule has 0 aliphatic carbocycles. The Hall–Kier alpha value is -0.980. The topological polar surface area (TPSA) is 54.5 Å². The molecule has 0 saturated carbocycles. The first-order chi connectivity index (χ1) is 5.86. The largest absolute Gasteiger partial charge is 0.342 e. The molecule has 60 valence electrons. The van der Waals surface area contributed by atoms with Crippen LogP contribution < -0.4 is 0 Å². The number of H-pyrrole nitrogens is 1. The Bertz CT molecular complexity index is 353. The molecule has 2 aromatic heterocycles. The number of imidazole rings is 1. The summed E-state index contributed by atoms with van der Waals surface area (Å²) in [4.78, 5) is 15.2. The van der Waals surface area contributed by atoms with Crippen LogP contribution in [0.1, 0.15) is 0 Å². The van der Waals surface area contributed by atoms with Gasteiger partial charge in [0.2, 0.25) is 0 Å². The molecule has 0 fully saturated rings. The van der Waals surface area contributed by atoms with Crippen LogP contribution in [0, 0.1) is 3.57 Å². The second-order valence-electron chi connectivity index (χ2n) is 2.16. The predicted octanol–water partition coefficient (Wildman–Crippen LogP) is 1.47. The molecule has 0 unspecified atom stereocenters. The predicted molar refractivity (Wildman–Crippen MR) is 52.3 cm³/mol. The maximum atomic E-state index is 4.11. The van der Waals surface area contributed by atoms with E-state index in [0.717, 1.165) is 3.57 Å². The fourth-order valence-electron chi connectivity index (χ4n) is 0.822. The number of halogens is 1. The van der Waals surface area contributed by atoms with Crippen LogP contribution in [-0.2, 0) is 0 Å². The number of hydrogen-bond acceptors (Lipinski definition) is 3. The van der Waals surface area contributed by atoms with E-state index in [4.69, 9.17) is 0 Å². The zero-order chi connectivity index (χ0) is 8.39. The Morgan fingerprint density at radius 3 is 2.50 bits per heavy atom. The van der Waals surface area contributed by atoms with Gasteiger partial charge in [-0.05, 0) is 22.6 Å². The molecule has 0 saturated heterocycles. The minimum absolute atomic E-state index is 0.625. The quantitative estimate of drug-likeness (QED) is 0.800. The second-order valence-corrected chi connectivity index (χ2v) is 3.41. The van der Waals surface area contributed by atoms with E-state index in [1.807, 2.05) is 0 Å². The third-order valence-electron chi connectivity index (χ3n) is 1.33. The van der Waals surface area contributed by atoms with Crippen molar-refractivity contribution in [2.75, 3.05) is 0 Å². The van der Waals surface area contributed by atoms with Crippen molar-refractivity contribution in [3.05, 3.63) is 28.4 Å². The minimum atomic E-state index is 0.625. The highest BCUT2D eigenvalue weighted by Crippen LogP contribution is 2.08. The third-order valence-corrected chi connectivity index (χ3v) is 1.89. The Morgan fingerprint density at radius 2 is 1.92 bits per heavy atom. The molecule has 2 rings (SSSR count). The van der Waals surface area contributed by atoms with Crippen molar-refractivity contribution in [2.45, 2.75) is 0 Å². The lowest BCUT2D eigenvalue weighted by Crippen LogP contribution is -1.90. The van der Waals surface area contributed by atoms with E-state index in [1.165, 1.54) is 0 Å². The fourth-order valence-corrected chi connectivity index (χ4v) is 1.10. The summed E-state index contributed by atoms with van der Waals surface area (Å²) in [6, 6.07) is 0. The van der Waals surface area contributed by atoms with Crippen LogP contribution in [0.4, 0.5) is 0 Å². The van der Waals surface area contributed by atoms with Gasteiger partial charge in [0.25, 0.3) is 0 Å². The van der Waals surface area contributed by atoms with Crippen LogP contribution in [0.25, 0.3) is 11.6 Å².